The molecular formula is C27H34F2N8O2. The summed E-state index contributed by atoms with van der Waals surface area (Å²) in [5, 5.41) is 10.1. The molecule has 3 fully saturated rings. The SMILES string of the molecule is CN(c1cc(-c2nc(C(=O)Nc3cn(C4CN(CCC5CCNCC5)C4)nc3C(F)F)co2)ccn1)C1CC1. The molecule has 3 aromatic heterocycles. The number of amides is 1. The zero-order chi connectivity index (χ0) is 26.9. The molecule has 0 unspecified atom stereocenters. The molecule has 1 aliphatic carbocycles. The van der Waals surface area contributed by atoms with Crippen molar-refractivity contribution >= 4 is 17.4 Å². The topological polar surface area (TPSA) is 104 Å². The molecule has 0 spiro atoms. The van der Waals surface area contributed by atoms with E-state index in [9.17, 15) is 13.6 Å². The smallest absolute Gasteiger partial charge is 0.284 e. The second kappa shape index (κ2) is 11.0. The first-order chi connectivity index (χ1) is 18.9. The zero-order valence-corrected chi connectivity index (χ0v) is 22.0. The van der Waals surface area contributed by atoms with Gasteiger partial charge in [-0.05, 0) is 69.8 Å². The van der Waals surface area contributed by atoms with E-state index in [0.717, 1.165) is 63.7 Å². The van der Waals surface area contributed by atoms with Crippen molar-refractivity contribution < 1.29 is 18.0 Å². The average molecular weight is 541 g/mol. The summed E-state index contributed by atoms with van der Waals surface area (Å²) >= 11 is 0. The molecule has 5 heterocycles. The number of rotatable bonds is 10. The molecule has 1 saturated carbocycles. The number of hydrogen-bond acceptors (Lipinski definition) is 8. The summed E-state index contributed by atoms with van der Waals surface area (Å²) < 4.78 is 34.7. The van der Waals surface area contributed by atoms with E-state index in [2.05, 4.69) is 35.5 Å². The Labute approximate surface area is 225 Å². The largest absolute Gasteiger partial charge is 0.444 e. The minimum Gasteiger partial charge on any atom is -0.444 e. The molecule has 10 nitrogen and oxygen atoms in total. The molecule has 12 heteroatoms. The van der Waals surface area contributed by atoms with Crippen LogP contribution in [0.1, 0.15) is 60.8 Å². The van der Waals surface area contributed by atoms with E-state index in [1.165, 1.54) is 25.3 Å². The molecule has 2 saturated heterocycles. The summed E-state index contributed by atoms with van der Waals surface area (Å²) in [4.78, 5) is 26.1. The highest BCUT2D eigenvalue weighted by Crippen LogP contribution is 2.32. The standard InChI is InChI=1S/C27H34F2N8O2/c1-35(19-2-3-19)23-12-18(6-10-31-23)27-33-22(16-39-27)26(38)32-21-15-37(34-24(21)25(28)29)20-13-36(14-20)11-7-17-4-8-30-9-5-17/h6,10,12,15-17,19-20,25,30H,2-5,7-9,11,13-14H2,1H3,(H,32,38). The number of nitrogens with zero attached hydrogens (tertiary/aromatic N) is 6. The lowest BCUT2D eigenvalue weighted by Gasteiger charge is -2.40. The third kappa shape index (κ3) is 5.81. The normalized spacial score (nSPS) is 18.9. The highest BCUT2D eigenvalue weighted by Gasteiger charge is 2.32. The van der Waals surface area contributed by atoms with Crippen molar-refractivity contribution in [2.75, 3.05) is 50.0 Å². The summed E-state index contributed by atoms with van der Waals surface area (Å²) in [7, 11) is 2.00. The highest BCUT2D eigenvalue weighted by atomic mass is 19.3. The molecule has 6 rings (SSSR count). The number of nitrogens with one attached hydrogen (secondary N) is 2. The van der Waals surface area contributed by atoms with Crippen molar-refractivity contribution in [3.05, 3.63) is 42.2 Å². The molecule has 2 aliphatic heterocycles. The number of carbonyl (C=O) groups is 1. The van der Waals surface area contributed by atoms with Gasteiger partial charge in [0, 0.05) is 44.1 Å². The number of aromatic nitrogens is 4. The van der Waals surface area contributed by atoms with Gasteiger partial charge < -0.3 is 20.0 Å². The summed E-state index contributed by atoms with van der Waals surface area (Å²) in [5.74, 6) is 1.18. The minimum absolute atomic E-state index is 0.000363. The number of halogens is 2. The van der Waals surface area contributed by atoms with Crippen LogP contribution in [0.5, 0.6) is 0 Å². The van der Waals surface area contributed by atoms with E-state index in [4.69, 9.17) is 4.42 Å². The average Bonchev–Trinajstić information content (AvgIpc) is 3.50. The lowest BCUT2D eigenvalue weighted by molar-refractivity contribution is 0.0866. The zero-order valence-electron chi connectivity index (χ0n) is 22.0. The second-order valence-electron chi connectivity index (χ2n) is 10.8. The molecule has 1 amide bonds. The first kappa shape index (κ1) is 25.9. The Bertz CT molecular complexity index is 1290. The van der Waals surface area contributed by atoms with Crippen molar-refractivity contribution in [1.29, 1.82) is 0 Å². The predicted octanol–water partition coefficient (Wildman–Crippen LogP) is 3.97. The molecule has 2 N–H and O–H groups in total. The Hall–Kier alpha value is -3.38. The number of hydrogen-bond donors (Lipinski definition) is 2. The van der Waals surface area contributed by atoms with Crippen molar-refractivity contribution in [3.8, 4) is 11.5 Å². The van der Waals surface area contributed by atoms with Gasteiger partial charge in [0.1, 0.15) is 12.1 Å². The summed E-state index contributed by atoms with van der Waals surface area (Å²) in [6, 6.07) is 4.12. The Morgan fingerprint density at radius 3 is 2.79 bits per heavy atom. The van der Waals surface area contributed by atoms with Crippen LogP contribution in [0.4, 0.5) is 20.3 Å². The van der Waals surface area contributed by atoms with Gasteiger partial charge in [0.2, 0.25) is 5.89 Å². The van der Waals surface area contributed by atoms with Gasteiger partial charge in [-0.1, -0.05) is 0 Å². The van der Waals surface area contributed by atoms with Crippen LogP contribution in [-0.4, -0.2) is 76.4 Å². The summed E-state index contributed by atoms with van der Waals surface area (Å²) in [6.07, 6.45) is 7.45. The van der Waals surface area contributed by atoms with Crippen molar-refractivity contribution in [1.82, 2.24) is 30.0 Å². The number of pyridine rings is 1. The molecular weight excluding hydrogens is 506 g/mol. The Morgan fingerprint density at radius 1 is 1.26 bits per heavy atom. The maximum Gasteiger partial charge on any atom is 0.284 e. The Kier molecular flexibility index (Phi) is 7.30. The summed E-state index contributed by atoms with van der Waals surface area (Å²) in [6.45, 7) is 4.71. The van der Waals surface area contributed by atoms with Crippen LogP contribution in [0.25, 0.3) is 11.5 Å². The number of likely N-dealkylation sites (tertiary alicyclic amines) is 1. The first-order valence-corrected chi connectivity index (χ1v) is 13.7. The first-order valence-electron chi connectivity index (χ1n) is 13.7. The maximum absolute atomic E-state index is 13.8. The Morgan fingerprint density at radius 2 is 2.05 bits per heavy atom. The van der Waals surface area contributed by atoms with Gasteiger partial charge >= 0.3 is 0 Å². The van der Waals surface area contributed by atoms with Crippen LogP contribution in [-0.2, 0) is 0 Å². The monoisotopic (exact) mass is 540 g/mol. The molecule has 208 valence electrons. The van der Waals surface area contributed by atoms with Crippen molar-refractivity contribution in [3.63, 3.8) is 0 Å². The van der Waals surface area contributed by atoms with Crippen LogP contribution >= 0.6 is 0 Å². The van der Waals surface area contributed by atoms with Gasteiger partial charge in [-0.25, -0.2) is 18.7 Å². The molecule has 3 aliphatic rings. The van der Waals surface area contributed by atoms with E-state index in [1.54, 1.807) is 16.9 Å². The fourth-order valence-corrected chi connectivity index (χ4v) is 5.37. The van der Waals surface area contributed by atoms with Gasteiger partial charge in [0.05, 0.1) is 11.7 Å². The number of oxazole rings is 1. The van der Waals surface area contributed by atoms with Gasteiger partial charge in [-0.3, -0.25) is 14.4 Å². The van der Waals surface area contributed by atoms with Crippen LogP contribution < -0.4 is 15.5 Å². The lowest BCUT2D eigenvalue weighted by Crippen LogP contribution is -2.48. The maximum atomic E-state index is 13.8. The Balaban J connectivity index is 1.08. The quantitative estimate of drug-likeness (QED) is 0.398. The molecule has 0 radical (unpaired) electrons. The van der Waals surface area contributed by atoms with Crippen LogP contribution in [0, 0.1) is 5.92 Å². The van der Waals surface area contributed by atoms with E-state index in [1.807, 2.05) is 13.1 Å². The van der Waals surface area contributed by atoms with Crippen molar-refractivity contribution in [2.45, 2.75) is 50.6 Å². The van der Waals surface area contributed by atoms with Gasteiger partial charge in [0.25, 0.3) is 12.3 Å². The van der Waals surface area contributed by atoms with Crippen LogP contribution in [0.3, 0.4) is 0 Å². The van der Waals surface area contributed by atoms with E-state index in [-0.39, 0.29) is 23.3 Å². The molecule has 0 atom stereocenters. The van der Waals surface area contributed by atoms with Gasteiger partial charge in [-0.2, -0.15) is 5.10 Å². The lowest BCUT2D eigenvalue weighted by atomic mass is 9.94. The third-order valence-corrected chi connectivity index (χ3v) is 8.02. The fraction of sp³-hybridized carbons (Fsp3) is 0.556. The summed E-state index contributed by atoms with van der Waals surface area (Å²) in [5.41, 5.74) is 0.231. The number of anilines is 2. The second-order valence-corrected chi connectivity index (χ2v) is 10.8. The number of carbonyl (C=O) groups excluding carboxylic acids is 1. The number of piperidine rings is 1. The molecule has 0 aromatic carbocycles. The molecule has 39 heavy (non-hydrogen) atoms. The fourth-order valence-electron chi connectivity index (χ4n) is 5.37. The van der Waals surface area contributed by atoms with Crippen molar-refractivity contribution in [2.24, 2.45) is 5.92 Å². The van der Waals surface area contributed by atoms with E-state index < -0.39 is 18.0 Å². The van der Waals surface area contributed by atoms with Gasteiger partial charge in [0.15, 0.2) is 11.4 Å². The number of alkyl halides is 2. The molecule has 0 bridgehead atoms. The van der Waals surface area contributed by atoms with E-state index in [0.29, 0.717) is 11.6 Å². The third-order valence-electron chi connectivity index (χ3n) is 8.02. The molecule has 3 aromatic rings. The highest BCUT2D eigenvalue weighted by molar-refractivity contribution is 6.03. The van der Waals surface area contributed by atoms with Gasteiger partial charge in [-0.15, -0.1) is 0 Å². The van der Waals surface area contributed by atoms with Crippen LogP contribution in [0.15, 0.2) is 35.2 Å². The predicted molar refractivity (Wildman–Crippen MR) is 142 cm³/mol. The van der Waals surface area contributed by atoms with E-state index >= 15 is 0 Å². The van der Waals surface area contributed by atoms with Crippen LogP contribution in [0.2, 0.25) is 0 Å². The minimum atomic E-state index is -2.82.